The molecule has 2 N–H and O–H groups in total. The van der Waals surface area contributed by atoms with Crippen molar-refractivity contribution < 1.29 is 56.1 Å². The van der Waals surface area contributed by atoms with Crippen LogP contribution in [0.5, 0.6) is 0 Å². The number of imidazole rings is 1. The Morgan fingerprint density at radius 3 is 2.00 bits per heavy atom. The highest BCUT2D eigenvalue weighted by Crippen LogP contribution is 2.41. The molecule has 1 saturated heterocycles. The van der Waals surface area contributed by atoms with Crippen molar-refractivity contribution in [3.05, 3.63) is 41.7 Å². The number of anilines is 2. The molecule has 3 heterocycles. The Balaban J connectivity index is 1.82. The summed E-state index contributed by atoms with van der Waals surface area (Å²) in [6.45, 7) is 12.7. The molecule has 4 rings (SSSR count). The van der Waals surface area contributed by atoms with Crippen LogP contribution in [0.4, 0.5) is 43.5 Å². The molecule has 0 aliphatic carbocycles. The number of carbonyl (C=O) groups is 4. The van der Waals surface area contributed by atoms with Crippen molar-refractivity contribution in [1.82, 2.24) is 24.8 Å². The fourth-order valence-electron chi connectivity index (χ4n) is 5.40. The van der Waals surface area contributed by atoms with Gasteiger partial charge in [0.15, 0.2) is 22.5 Å². The van der Waals surface area contributed by atoms with E-state index in [1.807, 2.05) is 0 Å². The Hall–Kier alpha value is -5.23. The van der Waals surface area contributed by atoms with E-state index >= 15 is 4.39 Å². The lowest BCUT2D eigenvalue weighted by molar-refractivity contribution is -0.144. The summed E-state index contributed by atoms with van der Waals surface area (Å²) in [7, 11) is 0. The van der Waals surface area contributed by atoms with Crippen LogP contribution in [0.1, 0.15) is 79.9 Å². The highest BCUT2D eigenvalue weighted by Gasteiger charge is 2.48. The molecule has 3 aromatic rings. The van der Waals surface area contributed by atoms with Gasteiger partial charge in [-0.15, -0.1) is 0 Å². The molecule has 0 unspecified atom stereocenters. The number of amides is 3. The molecule has 52 heavy (non-hydrogen) atoms. The summed E-state index contributed by atoms with van der Waals surface area (Å²) < 4.78 is 75.9. The Labute approximate surface area is 296 Å². The van der Waals surface area contributed by atoms with Crippen molar-refractivity contribution in [3.8, 4) is 0 Å². The molecule has 1 aliphatic heterocycles. The summed E-state index contributed by atoms with van der Waals surface area (Å²) in [6, 6.07) is 1.70. The maximum Gasteiger partial charge on any atom is 0.425 e. The molecular weight excluding hydrogens is 698 g/mol. The first-order valence-electron chi connectivity index (χ1n) is 16.0. The van der Waals surface area contributed by atoms with E-state index in [9.17, 15) is 37.5 Å². The molecular formula is C33H41F4N7O8. The van der Waals surface area contributed by atoms with Crippen molar-refractivity contribution in [1.29, 1.82) is 0 Å². The summed E-state index contributed by atoms with van der Waals surface area (Å²) in [5.74, 6) is -3.45. The summed E-state index contributed by atoms with van der Waals surface area (Å²) >= 11 is 0. The summed E-state index contributed by atoms with van der Waals surface area (Å²) in [5.41, 5.74) is -7.84. The first-order chi connectivity index (χ1) is 23.7. The SMILES string of the molecule is CC(C)(C)OC(=O)N[C@]1(C(=O)O)CCN(c2ccc(F)c(C(F)(F)F)c2Cn2cnc3c(N(C(=O)OC(C)(C)C)C(=O)OC(C)(C)C)ncnc32)C1. The molecule has 1 aromatic carbocycles. The lowest BCUT2D eigenvalue weighted by Gasteiger charge is -2.30. The number of carboxylic acids is 1. The second-order valence-corrected chi connectivity index (χ2v) is 15.1. The van der Waals surface area contributed by atoms with E-state index in [0.29, 0.717) is 11.0 Å². The average molecular weight is 740 g/mol. The van der Waals surface area contributed by atoms with E-state index in [0.717, 1.165) is 23.3 Å². The number of carboxylic acid groups (broad SMARTS) is 1. The number of hydrogen-bond acceptors (Lipinski definition) is 11. The van der Waals surface area contributed by atoms with Crippen LogP contribution in [0.2, 0.25) is 0 Å². The van der Waals surface area contributed by atoms with Crippen molar-refractivity contribution in [2.45, 2.75) is 104 Å². The number of nitrogens with one attached hydrogen (secondary N) is 1. The van der Waals surface area contributed by atoms with Crippen LogP contribution >= 0.6 is 0 Å². The molecule has 2 aromatic heterocycles. The van der Waals surface area contributed by atoms with Gasteiger partial charge in [-0.25, -0.2) is 38.5 Å². The standard InChI is InChI=1S/C33H41F4N7O8/c1-29(2,3)50-26(47)41-32(25(45)46)12-13-42(15-32)20-11-10-19(34)21(33(35,36)37)18(20)14-43-17-40-22-23(43)38-16-39-24(22)44(27(48)51-30(4,5)6)28(49)52-31(7,8)9/h10-11,16-17H,12-15H2,1-9H3,(H,41,47)(H,45,46)/t32-/m1/s1. The van der Waals surface area contributed by atoms with E-state index in [-0.39, 0.29) is 29.8 Å². The molecule has 1 fully saturated rings. The zero-order chi connectivity index (χ0) is 39.2. The van der Waals surface area contributed by atoms with Gasteiger partial charge in [0.1, 0.15) is 28.9 Å². The number of benzene rings is 1. The van der Waals surface area contributed by atoms with Gasteiger partial charge >= 0.3 is 30.4 Å². The monoisotopic (exact) mass is 739 g/mol. The van der Waals surface area contributed by atoms with Gasteiger partial charge in [0.25, 0.3) is 0 Å². The topological polar surface area (TPSA) is 178 Å². The third kappa shape index (κ3) is 8.97. The number of alkyl halides is 3. The fourth-order valence-corrected chi connectivity index (χ4v) is 5.40. The maximum absolute atomic E-state index is 15.1. The van der Waals surface area contributed by atoms with Gasteiger partial charge in [0, 0.05) is 24.2 Å². The Morgan fingerprint density at radius 1 is 0.904 bits per heavy atom. The number of aromatic nitrogens is 4. The van der Waals surface area contributed by atoms with Gasteiger partial charge in [-0.3, -0.25) is 0 Å². The van der Waals surface area contributed by atoms with Gasteiger partial charge in [-0.2, -0.15) is 18.1 Å². The van der Waals surface area contributed by atoms with Gasteiger partial charge in [0.05, 0.1) is 25.0 Å². The third-order valence-corrected chi connectivity index (χ3v) is 7.35. The second kappa shape index (κ2) is 13.7. The van der Waals surface area contributed by atoms with Crippen molar-refractivity contribution in [2.24, 2.45) is 0 Å². The Kier molecular flexibility index (Phi) is 10.4. The van der Waals surface area contributed by atoms with Crippen molar-refractivity contribution in [2.75, 3.05) is 22.9 Å². The molecule has 0 saturated carbocycles. The summed E-state index contributed by atoms with van der Waals surface area (Å²) in [6.07, 6.45) is -6.84. The smallest absolute Gasteiger partial charge is 0.425 e. The van der Waals surface area contributed by atoms with Crippen molar-refractivity contribution >= 4 is 46.9 Å². The predicted molar refractivity (Wildman–Crippen MR) is 177 cm³/mol. The number of nitrogens with zero attached hydrogens (tertiary/aromatic N) is 6. The van der Waals surface area contributed by atoms with Crippen LogP contribution in [0.15, 0.2) is 24.8 Å². The lowest BCUT2D eigenvalue weighted by atomic mass is 9.99. The zero-order valence-electron chi connectivity index (χ0n) is 30.1. The van der Waals surface area contributed by atoms with E-state index in [4.69, 9.17) is 14.2 Å². The Morgan fingerprint density at radius 2 is 1.48 bits per heavy atom. The highest BCUT2D eigenvalue weighted by atomic mass is 19.4. The first kappa shape index (κ1) is 39.6. The third-order valence-electron chi connectivity index (χ3n) is 7.35. The van der Waals surface area contributed by atoms with Gasteiger partial charge in [-0.05, 0) is 74.4 Å². The zero-order valence-corrected chi connectivity index (χ0v) is 30.1. The number of carbonyl (C=O) groups excluding carboxylic acids is 3. The fraction of sp³-hybridized carbons (Fsp3) is 0.545. The van der Waals surface area contributed by atoms with Crippen LogP contribution in [-0.2, 0) is 31.7 Å². The molecule has 0 spiro atoms. The van der Waals surface area contributed by atoms with Crippen molar-refractivity contribution in [3.63, 3.8) is 0 Å². The summed E-state index contributed by atoms with van der Waals surface area (Å²) in [4.78, 5) is 65.8. The largest absolute Gasteiger partial charge is 0.479 e. The average Bonchev–Trinajstić information content (AvgIpc) is 3.55. The molecule has 15 nitrogen and oxygen atoms in total. The number of fused-ring (bicyclic) bond motifs is 1. The molecule has 0 radical (unpaired) electrons. The number of imide groups is 1. The van der Waals surface area contributed by atoms with Gasteiger partial charge in [0.2, 0.25) is 0 Å². The molecule has 1 atom stereocenters. The lowest BCUT2D eigenvalue weighted by Crippen LogP contribution is -2.57. The minimum absolute atomic E-state index is 0.143. The quantitative estimate of drug-likeness (QED) is 0.214. The number of hydrogen-bond donors (Lipinski definition) is 2. The predicted octanol–water partition coefficient (Wildman–Crippen LogP) is 6.27. The molecule has 284 valence electrons. The number of rotatable bonds is 6. The summed E-state index contributed by atoms with van der Waals surface area (Å²) in [5, 5.41) is 12.5. The van der Waals surface area contributed by atoms with Crippen LogP contribution in [0, 0.1) is 5.82 Å². The minimum atomic E-state index is -5.21. The number of alkyl carbamates (subject to hydrolysis) is 1. The first-order valence-corrected chi connectivity index (χ1v) is 16.0. The van der Waals surface area contributed by atoms with E-state index < -0.39 is 88.6 Å². The normalized spacial score (nSPS) is 16.8. The van der Waals surface area contributed by atoms with E-state index in [2.05, 4.69) is 20.3 Å². The molecule has 3 amide bonds. The van der Waals surface area contributed by atoms with Gasteiger partial charge < -0.3 is 34.1 Å². The van der Waals surface area contributed by atoms with Crippen LogP contribution in [-0.4, -0.2) is 84.3 Å². The maximum atomic E-state index is 15.1. The minimum Gasteiger partial charge on any atom is -0.479 e. The molecule has 0 bridgehead atoms. The highest BCUT2D eigenvalue weighted by molar-refractivity contribution is 6.12. The molecule has 1 aliphatic rings. The van der Waals surface area contributed by atoms with Crippen LogP contribution < -0.4 is 15.1 Å². The number of halogens is 4. The number of aliphatic carboxylic acids is 1. The molecule has 19 heteroatoms. The Bertz CT molecular complexity index is 1850. The van der Waals surface area contributed by atoms with Crippen LogP contribution in [0.3, 0.4) is 0 Å². The second-order valence-electron chi connectivity index (χ2n) is 15.1. The van der Waals surface area contributed by atoms with Gasteiger partial charge in [-0.1, -0.05) is 0 Å². The van der Waals surface area contributed by atoms with E-state index in [1.165, 1.54) is 4.90 Å². The van der Waals surface area contributed by atoms with E-state index in [1.54, 1.807) is 62.3 Å². The number of ether oxygens (including phenoxy) is 3. The van der Waals surface area contributed by atoms with Crippen LogP contribution in [0.25, 0.3) is 11.2 Å².